The number of alkyl halides is 1. The fourth-order valence-corrected chi connectivity index (χ4v) is 3.61. The van der Waals surface area contributed by atoms with Crippen molar-refractivity contribution in [3.63, 3.8) is 0 Å². The number of carbonyl (C=O) groups is 1. The lowest BCUT2D eigenvalue weighted by Gasteiger charge is -2.30. The molecule has 0 bridgehead atoms. The van der Waals surface area contributed by atoms with E-state index < -0.39 is 34.9 Å². The highest BCUT2D eigenvalue weighted by molar-refractivity contribution is 6.38. The predicted octanol–water partition coefficient (Wildman–Crippen LogP) is 3.58. The number of halogens is 3. The first-order valence-electron chi connectivity index (χ1n) is 8.82. The van der Waals surface area contributed by atoms with Crippen molar-refractivity contribution in [3.8, 4) is 11.1 Å². The number of carboxylic acid groups (broad SMARTS) is 1. The summed E-state index contributed by atoms with van der Waals surface area (Å²) in [7, 11) is 1.75. The van der Waals surface area contributed by atoms with E-state index in [9.17, 15) is 23.1 Å². The maximum absolute atomic E-state index is 14.9. The zero-order valence-electron chi connectivity index (χ0n) is 15.6. The second kappa shape index (κ2) is 6.61. The van der Waals surface area contributed by atoms with Crippen molar-refractivity contribution in [1.29, 1.82) is 0 Å². The lowest BCUT2D eigenvalue weighted by Crippen LogP contribution is -2.39. The van der Waals surface area contributed by atoms with Crippen LogP contribution in [-0.2, 0) is 18.4 Å². The molecule has 0 saturated heterocycles. The van der Waals surface area contributed by atoms with E-state index in [1.807, 2.05) is 0 Å². The molecule has 0 fully saturated rings. The Bertz CT molecular complexity index is 1100. The van der Waals surface area contributed by atoms with Crippen LogP contribution in [0.15, 0.2) is 59.4 Å². The van der Waals surface area contributed by atoms with Crippen molar-refractivity contribution in [2.75, 3.05) is 0 Å². The molecule has 29 heavy (non-hydrogen) atoms. The van der Waals surface area contributed by atoms with Crippen molar-refractivity contribution in [2.24, 2.45) is 18.1 Å². The molecule has 2 aliphatic rings. The van der Waals surface area contributed by atoms with Crippen LogP contribution >= 0.6 is 0 Å². The van der Waals surface area contributed by atoms with E-state index in [0.717, 1.165) is 29.6 Å². The number of hydrogen-bond donors (Lipinski definition) is 1. The number of nitrogens with zero attached hydrogens (tertiary/aromatic N) is 4. The highest BCUT2D eigenvalue weighted by Gasteiger charge is 2.50. The van der Waals surface area contributed by atoms with E-state index in [4.69, 9.17) is 0 Å². The van der Waals surface area contributed by atoms with Crippen LogP contribution in [0.25, 0.3) is 11.1 Å². The molecule has 150 valence electrons. The third-order valence-electron chi connectivity index (χ3n) is 5.05. The Balaban J connectivity index is 1.68. The lowest BCUT2D eigenvalue weighted by atomic mass is 9.81. The van der Waals surface area contributed by atoms with Crippen molar-refractivity contribution < 1.29 is 23.1 Å². The number of fused-ring (bicyclic) bond motifs is 1. The smallest absolute Gasteiger partial charge is 0.352 e. The molecule has 0 amide bonds. The third kappa shape index (κ3) is 3.22. The van der Waals surface area contributed by atoms with Crippen LogP contribution in [0.2, 0.25) is 0 Å². The summed E-state index contributed by atoms with van der Waals surface area (Å²) >= 11 is 0. The number of hydrazone groups is 1. The summed E-state index contributed by atoms with van der Waals surface area (Å²) in [6.07, 6.45) is 5.25. The molecule has 2 unspecified atom stereocenters. The Labute approximate surface area is 164 Å². The number of carboxylic acids is 1. The van der Waals surface area contributed by atoms with Gasteiger partial charge in [0.25, 0.3) is 0 Å². The van der Waals surface area contributed by atoms with Crippen molar-refractivity contribution in [1.82, 2.24) is 14.8 Å². The highest BCUT2D eigenvalue weighted by Crippen LogP contribution is 2.43. The molecule has 1 N–H and O–H groups in total. The van der Waals surface area contributed by atoms with Gasteiger partial charge >= 0.3 is 5.97 Å². The summed E-state index contributed by atoms with van der Waals surface area (Å²) in [5.74, 6) is -4.22. The maximum Gasteiger partial charge on any atom is 0.352 e. The minimum atomic E-state index is -2.13. The number of hydrogen-bond acceptors (Lipinski definition) is 4. The molecule has 1 aliphatic heterocycles. The van der Waals surface area contributed by atoms with E-state index in [2.05, 4.69) is 10.2 Å². The Hall–Kier alpha value is -3.36. The summed E-state index contributed by atoms with van der Waals surface area (Å²) in [4.78, 5) is 11.5. The number of rotatable bonds is 4. The van der Waals surface area contributed by atoms with Gasteiger partial charge in [-0.3, -0.25) is 9.69 Å². The molecule has 2 heterocycles. The van der Waals surface area contributed by atoms with E-state index in [0.29, 0.717) is 5.56 Å². The van der Waals surface area contributed by atoms with E-state index in [-0.39, 0.29) is 17.8 Å². The monoisotopic (exact) mass is 402 g/mol. The van der Waals surface area contributed by atoms with E-state index in [1.54, 1.807) is 30.2 Å². The van der Waals surface area contributed by atoms with Gasteiger partial charge in [0.1, 0.15) is 17.3 Å². The van der Waals surface area contributed by atoms with Gasteiger partial charge in [-0.15, -0.1) is 0 Å². The molecule has 0 saturated carbocycles. The topological polar surface area (TPSA) is 70.7 Å². The Kier molecular flexibility index (Phi) is 4.33. The molecule has 1 aromatic heterocycles. The van der Waals surface area contributed by atoms with Gasteiger partial charge in [0.05, 0.1) is 24.4 Å². The van der Waals surface area contributed by atoms with Gasteiger partial charge in [-0.25, -0.2) is 18.0 Å². The SMILES string of the molecule is Cn1cc(-c2ccc(CN3N=C(C(=O)O)C4C3=C(F)C=CC4(C)F)c(F)c2)cn1. The van der Waals surface area contributed by atoms with Crippen LogP contribution in [0.1, 0.15) is 12.5 Å². The molecule has 6 nitrogen and oxygen atoms in total. The van der Waals surface area contributed by atoms with Gasteiger partial charge in [-0.2, -0.15) is 10.2 Å². The van der Waals surface area contributed by atoms with Crippen LogP contribution in [0.3, 0.4) is 0 Å². The van der Waals surface area contributed by atoms with Gasteiger partial charge in [0, 0.05) is 24.4 Å². The molecule has 9 heteroatoms. The Morgan fingerprint density at radius 3 is 2.69 bits per heavy atom. The predicted molar refractivity (Wildman–Crippen MR) is 99.5 cm³/mol. The molecule has 2 atom stereocenters. The molecule has 1 aliphatic carbocycles. The first-order chi connectivity index (χ1) is 13.7. The second-order valence-electron chi connectivity index (χ2n) is 7.21. The third-order valence-corrected chi connectivity index (χ3v) is 5.05. The summed E-state index contributed by atoms with van der Waals surface area (Å²) in [5, 5.41) is 18.4. The van der Waals surface area contributed by atoms with Gasteiger partial charge in [0.15, 0.2) is 5.71 Å². The number of aryl methyl sites for hydroxylation is 1. The molecule has 2 aromatic rings. The van der Waals surface area contributed by atoms with Crippen LogP contribution < -0.4 is 0 Å². The highest BCUT2D eigenvalue weighted by atomic mass is 19.1. The summed E-state index contributed by atoms with van der Waals surface area (Å²) in [6.45, 7) is 0.922. The van der Waals surface area contributed by atoms with Gasteiger partial charge in [0.2, 0.25) is 0 Å². The average Bonchev–Trinajstić information content (AvgIpc) is 3.25. The fourth-order valence-electron chi connectivity index (χ4n) is 3.61. The van der Waals surface area contributed by atoms with Crippen molar-refractivity contribution >= 4 is 11.7 Å². The molecule has 4 rings (SSSR count). The standard InChI is InChI=1S/C20H17F3N4O2/c1-20(23)6-5-14(21)18-16(20)17(19(28)29)25-27(18)10-12-4-3-11(7-15(12)22)13-8-24-26(2)9-13/h3-9,16H,10H2,1-2H3,(H,28,29). The number of aromatic nitrogens is 2. The zero-order valence-corrected chi connectivity index (χ0v) is 15.6. The normalized spacial score (nSPS) is 23.4. The first-order valence-corrected chi connectivity index (χ1v) is 8.82. The molecule has 1 aromatic carbocycles. The Morgan fingerprint density at radius 1 is 1.31 bits per heavy atom. The average molecular weight is 402 g/mol. The van der Waals surface area contributed by atoms with Crippen LogP contribution in [0.5, 0.6) is 0 Å². The van der Waals surface area contributed by atoms with Crippen LogP contribution in [0, 0.1) is 11.7 Å². The van der Waals surface area contributed by atoms with Crippen LogP contribution in [-0.4, -0.2) is 37.2 Å². The fraction of sp³-hybridized carbons (Fsp3) is 0.250. The second-order valence-corrected chi connectivity index (χ2v) is 7.21. The maximum atomic E-state index is 14.9. The Morgan fingerprint density at radius 2 is 2.07 bits per heavy atom. The molecule has 0 spiro atoms. The number of aliphatic carboxylic acids is 1. The minimum absolute atomic E-state index is 0.169. The largest absolute Gasteiger partial charge is 0.477 e. The molecular weight excluding hydrogens is 385 g/mol. The summed E-state index contributed by atoms with van der Waals surface area (Å²) in [5.41, 5.74) is -1.36. The number of allylic oxidation sites excluding steroid dienone is 4. The lowest BCUT2D eigenvalue weighted by molar-refractivity contribution is -0.129. The van der Waals surface area contributed by atoms with Crippen molar-refractivity contribution in [2.45, 2.75) is 19.1 Å². The van der Waals surface area contributed by atoms with E-state index in [1.165, 1.54) is 12.1 Å². The van der Waals surface area contributed by atoms with Gasteiger partial charge in [-0.1, -0.05) is 12.1 Å². The van der Waals surface area contributed by atoms with Gasteiger partial charge in [-0.05, 0) is 30.7 Å². The number of benzene rings is 1. The quantitative estimate of drug-likeness (QED) is 0.849. The van der Waals surface area contributed by atoms with Crippen LogP contribution in [0.4, 0.5) is 13.2 Å². The van der Waals surface area contributed by atoms with E-state index >= 15 is 0 Å². The minimum Gasteiger partial charge on any atom is -0.477 e. The zero-order chi connectivity index (χ0) is 20.9. The summed E-state index contributed by atoms with van der Waals surface area (Å²) < 4.78 is 45.7. The summed E-state index contributed by atoms with van der Waals surface area (Å²) in [6, 6.07) is 4.49. The van der Waals surface area contributed by atoms with Crippen molar-refractivity contribution in [3.05, 3.63) is 65.6 Å². The molecular formula is C20H17F3N4O2. The first kappa shape index (κ1) is 19.0. The van der Waals surface area contributed by atoms with Gasteiger partial charge < -0.3 is 5.11 Å². The molecule has 0 radical (unpaired) electrons.